The number of nitrogens with two attached hydrogens (primary N) is 1. The summed E-state index contributed by atoms with van der Waals surface area (Å²) in [5.41, 5.74) is 5.54. The van der Waals surface area contributed by atoms with Crippen molar-refractivity contribution in [2.75, 3.05) is 25.9 Å². The number of sulfone groups is 1. The summed E-state index contributed by atoms with van der Waals surface area (Å²) in [4.78, 5) is 14.0. The number of rotatable bonds is 4. The lowest BCUT2D eigenvalue weighted by molar-refractivity contribution is -0.135. The fourth-order valence-corrected chi connectivity index (χ4v) is 2.71. The third kappa shape index (κ3) is 4.33. The van der Waals surface area contributed by atoms with E-state index >= 15 is 0 Å². The van der Waals surface area contributed by atoms with E-state index in [1.165, 1.54) is 13.8 Å². The molecule has 5 nitrogen and oxygen atoms in total. The maximum atomic E-state index is 12.3. The Morgan fingerprint density at radius 2 is 2.00 bits per heavy atom. The van der Waals surface area contributed by atoms with E-state index in [9.17, 15) is 13.2 Å². The summed E-state index contributed by atoms with van der Waals surface area (Å²) in [6.07, 6.45) is 4.01. The van der Waals surface area contributed by atoms with Crippen LogP contribution >= 0.6 is 12.4 Å². The van der Waals surface area contributed by atoms with Gasteiger partial charge < -0.3 is 10.6 Å². The summed E-state index contributed by atoms with van der Waals surface area (Å²) in [7, 11) is -3.40. The molecular formula is C12H25ClN2O3S. The summed E-state index contributed by atoms with van der Waals surface area (Å²) in [5.74, 6) is 0.120. The lowest BCUT2D eigenvalue weighted by atomic mass is 9.94. The maximum Gasteiger partial charge on any atom is 0.243 e. The van der Waals surface area contributed by atoms with Gasteiger partial charge in [0, 0.05) is 19.3 Å². The first-order valence-electron chi connectivity index (χ1n) is 6.39. The number of halogens is 1. The Morgan fingerprint density at radius 3 is 2.47 bits per heavy atom. The van der Waals surface area contributed by atoms with Crippen LogP contribution in [0, 0.1) is 5.92 Å². The van der Waals surface area contributed by atoms with Crippen molar-refractivity contribution < 1.29 is 13.2 Å². The standard InChI is InChI=1S/C12H24N2O3S.ClH/c1-12(2,18(3,16)17)11(15)14-8-4-5-10(9-14)6-7-13;/h10H,4-9,13H2,1-3H3;1H. The number of hydrogen-bond donors (Lipinski definition) is 1. The highest BCUT2D eigenvalue weighted by atomic mass is 35.5. The summed E-state index contributed by atoms with van der Waals surface area (Å²) in [6.45, 7) is 4.87. The minimum atomic E-state index is -3.40. The van der Waals surface area contributed by atoms with Crippen molar-refractivity contribution in [1.29, 1.82) is 0 Å². The van der Waals surface area contributed by atoms with Crippen LogP contribution in [0.4, 0.5) is 0 Å². The lowest BCUT2D eigenvalue weighted by Gasteiger charge is -2.36. The molecule has 7 heteroatoms. The second-order valence-electron chi connectivity index (χ2n) is 5.62. The van der Waals surface area contributed by atoms with Crippen LogP contribution in [0.2, 0.25) is 0 Å². The fourth-order valence-electron chi connectivity index (χ4n) is 2.26. The molecule has 1 aliphatic heterocycles. The van der Waals surface area contributed by atoms with Gasteiger partial charge in [-0.15, -0.1) is 12.4 Å². The topological polar surface area (TPSA) is 80.5 Å². The van der Waals surface area contributed by atoms with Gasteiger partial charge in [0.25, 0.3) is 0 Å². The summed E-state index contributed by atoms with van der Waals surface area (Å²) < 4.78 is 22.0. The average molecular weight is 313 g/mol. The number of carbonyl (C=O) groups excluding carboxylic acids is 1. The largest absolute Gasteiger partial charge is 0.341 e. The van der Waals surface area contributed by atoms with Crippen molar-refractivity contribution in [2.45, 2.75) is 37.9 Å². The van der Waals surface area contributed by atoms with Crippen LogP contribution in [0.25, 0.3) is 0 Å². The van der Waals surface area contributed by atoms with Gasteiger partial charge in [0.2, 0.25) is 5.91 Å². The molecule has 1 amide bonds. The number of amides is 1. The normalized spacial score (nSPS) is 20.8. The molecule has 0 aromatic heterocycles. The van der Waals surface area contributed by atoms with Gasteiger partial charge in [0.15, 0.2) is 9.84 Å². The zero-order chi connectivity index (χ0) is 14.0. The van der Waals surface area contributed by atoms with Crippen LogP contribution in [0.5, 0.6) is 0 Å². The first kappa shape index (κ1) is 18.7. The number of piperidine rings is 1. The quantitative estimate of drug-likeness (QED) is 0.833. The van der Waals surface area contributed by atoms with Crippen molar-refractivity contribution in [3.05, 3.63) is 0 Å². The van der Waals surface area contributed by atoms with Gasteiger partial charge in [-0.05, 0) is 45.6 Å². The van der Waals surface area contributed by atoms with Gasteiger partial charge in [0.1, 0.15) is 4.75 Å². The molecule has 1 heterocycles. The molecule has 0 bridgehead atoms. The second-order valence-corrected chi connectivity index (χ2v) is 8.18. The van der Waals surface area contributed by atoms with Crippen LogP contribution in [0.3, 0.4) is 0 Å². The summed E-state index contributed by atoms with van der Waals surface area (Å²) in [5, 5.41) is 0. The molecule has 1 rings (SSSR count). The molecular weight excluding hydrogens is 288 g/mol. The average Bonchev–Trinajstić information content (AvgIpc) is 2.27. The van der Waals surface area contributed by atoms with Gasteiger partial charge in [-0.2, -0.15) is 0 Å². The molecule has 114 valence electrons. The Labute approximate surface area is 122 Å². The third-order valence-corrected chi connectivity index (χ3v) is 5.85. The smallest absolute Gasteiger partial charge is 0.243 e. The highest BCUT2D eigenvalue weighted by molar-refractivity contribution is 7.92. The number of likely N-dealkylation sites (tertiary alicyclic amines) is 1. The first-order valence-corrected chi connectivity index (χ1v) is 8.28. The van der Waals surface area contributed by atoms with Crippen molar-refractivity contribution in [3.63, 3.8) is 0 Å². The predicted molar refractivity (Wildman–Crippen MR) is 79.1 cm³/mol. The highest BCUT2D eigenvalue weighted by Crippen LogP contribution is 2.24. The molecule has 0 aromatic rings. The molecule has 1 atom stereocenters. The Hall–Kier alpha value is -0.330. The van der Waals surface area contributed by atoms with Crippen molar-refractivity contribution in [1.82, 2.24) is 4.90 Å². The molecule has 1 fully saturated rings. The van der Waals surface area contributed by atoms with E-state index in [0.29, 0.717) is 25.6 Å². The molecule has 0 spiro atoms. The Morgan fingerprint density at radius 1 is 1.42 bits per heavy atom. The van der Waals surface area contributed by atoms with Crippen LogP contribution < -0.4 is 5.73 Å². The van der Waals surface area contributed by atoms with E-state index in [0.717, 1.165) is 25.5 Å². The zero-order valence-electron chi connectivity index (χ0n) is 11.9. The molecule has 0 saturated carbocycles. The molecule has 1 unspecified atom stereocenters. The van der Waals surface area contributed by atoms with Crippen molar-refractivity contribution in [3.8, 4) is 0 Å². The van der Waals surface area contributed by atoms with Crippen LogP contribution in [0.1, 0.15) is 33.1 Å². The molecule has 19 heavy (non-hydrogen) atoms. The number of nitrogens with zero attached hydrogens (tertiary/aromatic N) is 1. The Balaban J connectivity index is 0.00000324. The third-order valence-electron chi connectivity index (χ3n) is 3.82. The minimum Gasteiger partial charge on any atom is -0.341 e. The monoisotopic (exact) mass is 312 g/mol. The maximum absolute atomic E-state index is 12.3. The van der Waals surface area contributed by atoms with Gasteiger partial charge in [-0.25, -0.2) is 8.42 Å². The van der Waals surface area contributed by atoms with Gasteiger partial charge >= 0.3 is 0 Å². The van der Waals surface area contributed by atoms with Crippen LogP contribution in [0.15, 0.2) is 0 Å². The van der Waals surface area contributed by atoms with E-state index in [2.05, 4.69) is 0 Å². The Kier molecular flexibility index (Phi) is 6.78. The van der Waals surface area contributed by atoms with Crippen LogP contribution in [-0.4, -0.2) is 49.9 Å². The first-order chi connectivity index (χ1) is 8.20. The van der Waals surface area contributed by atoms with E-state index in [1.807, 2.05) is 0 Å². The minimum absolute atomic E-state index is 0. The highest BCUT2D eigenvalue weighted by Gasteiger charge is 2.42. The van der Waals surface area contributed by atoms with Gasteiger partial charge in [-0.1, -0.05) is 0 Å². The van der Waals surface area contributed by atoms with Crippen LogP contribution in [-0.2, 0) is 14.6 Å². The molecule has 1 aliphatic rings. The van der Waals surface area contributed by atoms with Gasteiger partial charge in [-0.3, -0.25) is 4.79 Å². The predicted octanol–water partition coefficient (Wildman–Crippen LogP) is 0.819. The molecule has 0 aliphatic carbocycles. The number of hydrogen-bond acceptors (Lipinski definition) is 4. The van der Waals surface area contributed by atoms with E-state index in [1.54, 1.807) is 4.90 Å². The van der Waals surface area contributed by atoms with E-state index in [-0.39, 0.29) is 18.3 Å². The molecule has 0 aromatic carbocycles. The summed E-state index contributed by atoms with van der Waals surface area (Å²) >= 11 is 0. The second kappa shape index (κ2) is 6.90. The van der Waals surface area contributed by atoms with E-state index in [4.69, 9.17) is 5.73 Å². The van der Waals surface area contributed by atoms with E-state index < -0.39 is 14.6 Å². The SMILES string of the molecule is CC(C)(C(=O)N1CCCC(CCN)C1)S(C)(=O)=O.Cl. The molecule has 2 N–H and O–H groups in total. The zero-order valence-corrected chi connectivity index (χ0v) is 13.5. The molecule has 1 saturated heterocycles. The van der Waals surface area contributed by atoms with Gasteiger partial charge in [0.05, 0.1) is 0 Å². The van der Waals surface area contributed by atoms with Crippen molar-refractivity contribution >= 4 is 28.2 Å². The molecule has 0 radical (unpaired) electrons. The fraction of sp³-hybridized carbons (Fsp3) is 0.917. The number of carbonyl (C=O) groups is 1. The Bertz CT molecular complexity index is 407. The summed E-state index contributed by atoms with van der Waals surface area (Å²) in [6, 6.07) is 0. The van der Waals surface area contributed by atoms with Crippen molar-refractivity contribution in [2.24, 2.45) is 11.7 Å². The lowest BCUT2D eigenvalue weighted by Crippen LogP contribution is -2.52.